The second-order valence-corrected chi connectivity index (χ2v) is 6.49. The summed E-state index contributed by atoms with van der Waals surface area (Å²) < 4.78 is 5.71. The van der Waals surface area contributed by atoms with Crippen molar-refractivity contribution in [3.8, 4) is 11.6 Å². The molecule has 0 radical (unpaired) electrons. The summed E-state index contributed by atoms with van der Waals surface area (Å²) in [6.07, 6.45) is 2.43. The van der Waals surface area contributed by atoms with E-state index < -0.39 is 6.03 Å². The summed E-state index contributed by atoms with van der Waals surface area (Å²) in [6, 6.07) is 10.7. The van der Waals surface area contributed by atoms with Crippen molar-refractivity contribution < 1.29 is 14.3 Å². The fraction of sp³-hybridized carbons (Fsp3) is 0.350. The number of hydrogen-bond donors (Lipinski definition) is 3. The molecular weight excluding hydrogens is 344 g/mol. The normalized spacial score (nSPS) is 10.4. The third kappa shape index (κ3) is 7.35. The lowest BCUT2D eigenvalue weighted by atomic mass is 10.2. The van der Waals surface area contributed by atoms with Gasteiger partial charge in [0.05, 0.1) is 18.4 Å². The molecule has 0 atom stereocenters. The lowest BCUT2D eigenvalue weighted by Gasteiger charge is -2.10. The Balaban J connectivity index is 1.80. The number of hydrogen-bond acceptors (Lipinski definition) is 4. The van der Waals surface area contributed by atoms with E-state index in [1.165, 1.54) is 11.8 Å². The maximum absolute atomic E-state index is 11.8. The summed E-state index contributed by atoms with van der Waals surface area (Å²) in [6.45, 7) is 6.58. The molecule has 0 fully saturated rings. The highest BCUT2D eigenvalue weighted by molar-refractivity contribution is 5.92. The third-order valence-corrected chi connectivity index (χ3v) is 3.64. The Morgan fingerprint density at radius 3 is 2.63 bits per heavy atom. The minimum Gasteiger partial charge on any atom is -0.439 e. The molecule has 0 spiro atoms. The first kappa shape index (κ1) is 20.2. The fourth-order valence-electron chi connectivity index (χ4n) is 2.18. The van der Waals surface area contributed by atoms with Gasteiger partial charge in [0.25, 0.3) is 0 Å². The Hall–Kier alpha value is -3.09. The largest absolute Gasteiger partial charge is 0.439 e. The first-order chi connectivity index (χ1) is 13.0. The van der Waals surface area contributed by atoms with E-state index in [1.54, 1.807) is 12.1 Å². The average molecular weight is 370 g/mol. The van der Waals surface area contributed by atoms with Crippen LogP contribution in [0.1, 0.15) is 26.3 Å². The minimum absolute atomic E-state index is 0.0824. The van der Waals surface area contributed by atoms with Crippen LogP contribution in [0.4, 0.5) is 10.5 Å². The van der Waals surface area contributed by atoms with Crippen LogP contribution in [-0.2, 0) is 11.2 Å². The van der Waals surface area contributed by atoms with Crippen molar-refractivity contribution in [3.63, 3.8) is 0 Å². The Labute approximate surface area is 159 Å². The number of benzene rings is 1. The van der Waals surface area contributed by atoms with E-state index in [0.29, 0.717) is 29.8 Å². The van der Waals surface area contributed by atoms with Gasteiger partial charge in [-0.05, 0) is 36.1 Å². The number of amides is 3. The molecule has 7 heteroatoms. The fourth-order valence-corrected chi connectivity index (χ4v) is 2.18. The van der Waals surface area contributed by atoms with E-state index in [-0.39, 0.29) is 12.5 Å². The van der Waals surface area contributed by atoms with Gasteiger partial charge in [-0.1, -0.05) is 32.9 Å². The van der Waals surface area contributed by atoms with Crippen LogP contribution in [0.15, 0.2) is 42.6 Å². The predicted octanol–water partition coefficient (Wildman–Crippen LogP) is 3.33. The number of carbonyl (C=O) groups excluding carboxylic acids is 2. The Kier molecular flexibility index (Phi) is 7.61. The van der Waals surface area contributed by atoms with Crippen molar-refractivity contribution in [1.82, 2.24) is 15.6 Å². The lowest BCUT2D eigenvalue weighted by Crippen LogP contribution is -2.40. The van der Waals surface area contributed by atoms with Crippen LogP contribution in [0.25, 0.3) is 0 Å². The Morgan fingerprint density at radius 2 is 1.96 bits per heavy atom. The highest BCUT2D eigenvalue weighted by Crippen LogP contribution is 2.21. The van der Waals surface area contributed by atoms with Gasteiger partial charge in [-0.25, -0.2) is 9.78 Å². The molecule has 0 aliphatic carbocycles. The molecule has 1 aromatic heterocycles. The van der Waals surface area contributed by atoms with Crippen molar-refractivity contribution in [2.75, 3.05) is 18.4 Å². The van der Waals surface area contributed by atoms with Crippen molar-refractivity contribution in [3.05, 3.63) is 48.2 Å². The molecule has 0 bridgehead atoms. The quantitative estimate of drug-likeness (QED) is 0.664. The van der Waals surface area contributed by atoms with Gasteiger partial charge in [-0.15, -0.1) is 0 Å². The minimum atomic E-state index is -0.471. The summed E-state index contributed by atoms with van der Waals surface area (Å²) in [5.74, 6) is 1.28. The van der Waals surface area contributed by atoms with Crippen molar-refractivity contribution in [2.45, 2.75) is 27.2 Å². The van der Waals surface area contributed by atoms with E-state index in [0.717, 1.165) is 6.42 Å². The smallest absolute Gasteiger partial charge is 0.319 e. The summed E-state index contributed by atoms with van der Waals surface area (Å²) in [5, 5.41) is 7.85. The van der Waals surface area contributed by atoms with Gasteiger partial charge in [0.2, 0.25) is 11.8 Å². The van der Waals surface area contributed by atoms with Gasteiger partial charge in [-0.2, -0.15) is 0 Å². The molecule has 1 aromatic carbocycles. The zero-order valence-corrected chi connectivity index (χ0v) is 15.9. The summed E-state index contributed by atoms with van der Waals surface area (Å²) in [7, 11) is 0. The highest BCUT2D eigenvalue weighted by atomic mass is 16.5. The second-order valence-electron chi connectivity index (χ2n) is 6.49. The monoisotopic (exact) mass is 370 g/mol. The van der Waals surface area contributed by atoms with Crippen LogP contribution in [0, 0.1) is 5.92 Å². The number of pyridine rings is 1. The van der Waals surface area contributed by atoms with Crippen molar-refractivity contribution >= 4 is 17.6 Å². The number of rotatable bonds is 8. The zero-order valence-electron chi connectivity index (χ0n) is 15.9. The predicted molar refractivity (Wildman–Crippen MR) is 105 cm³/mol. The zero-order chi connectivity index (χ0) is 19.6. The maximum atomic E-state index is 11.8. The first-order valence-corrected chi connectivity index (χ1v) is 9.00. The van der Waals surface area contributed by atoms with Crippen LogP contribution in [0.2, 0.25) is 0 Å². The van der Waals surface area contributed by atoms with Gasteiger partial charge < -0.3 is 20.7 Å². The molecule has 7 nitrogen and oxygen atoms in total. The van der Waals surface area contributed by atoms with E-state index in [4.69, 9.17) is 4.74 Å². The summed E-state index contributed by atoms with van der Waals surface area (Å²) >= 11 is 0. The number of urea groups is 1. The number of ether oxygens (including phenoxy) is 1. The topological polar surface area (TPSA) is 92.4 Å². The SMILES string of the molecule is CCc1cccc(Oc2ccc(NC(=O)NCC(=O)NCC(C)C)cn2)c1. The molecule has 2 rings (SSSR count). The molecule has 27 heavy (non-hydrogen) atoms. The molecule has 2 aromatic rings. The average Bonchev–Trinajstić information content (AvgIpc) is 2.66. The highest BCUT2D eigenvalue weighted by Gasteiger charge is 2.07. The van der Waals surface area contributed by atoms with Gasteiger partial charge in [0.1, 0.15) is 5.75 Å². The number of nitrogens with one attached hydrogen (secondary N) is 3. The van der Waals surface area contributed by atoms with E-state index >= 15 is 0 Å². The molecule has 144 valence electrons. The van der Waals surface area contributed by atoms with Gasteiger partial charge in [-0.3, -0.25) is 4.79 Å². The van der Waals surface area contributed by atoms with Crippen LogP contribution in [0.3, 0.4) is 0 Å². The number of nitrogens with zero attached hydrogens (tertiary/aromatic N) is 1. The molecule has 3 N–H and O–H groups in total. The molecule has 1 heterocycles. The van der Waals surface area contributed by atoms with Crippen molar-refractivity contribution in [1.29, 1.82) is 0 Å². The number of carbonyl (C=O) groups is 2. The van der Waals surface area contributed by atoms with Crippen LogP contribution >= 0.6 is 0 Å². The molecule has 0 aliphatic rings. The number of aryl methyl sites for hydroxylation is 1. The molecule has 0 saturated heterocycles. The van der Waals surface area contributed by atoms with Gasteiger partial charge >= 0.3 is 6.03 Å². The second kappa shape index (κ2) is 10.2. The number of aromatic nitrogens is 1. The summed E-state index contributed by atoms with van der Waals surface area (Å²) in [4.78, 5) is 27.6. The standard InChI is InChI=1S/C20H26N4O3/c1-4-15-6-5-7-17(10-15)27-19-9-8-16(12-22-19)24-20(26)23-13-18(25)21-11-14(2)3/h5-10,12,14H,4,11,13H2,1-3H3,(H,21,25)(H2,23,24,26). The van der Waals surface area contributed by atoms with E-state index in [2.05, 4.69) is 27.9 Å². The number of anilines is 1. The van der Waals surface area contributed by atoms with E-state index in [1.807, 2.05) is 38.1 Å². The van der Waals surface area contributed by atoms with Gasteiger partial charge in [0, 0.05) is 12.6 Å². The molecule has 0 unspecified atom stereocenters. The first-order valence-electron chi connectivity index (χ1n) is 9.00. The molecule has 0 aliphatic heterocycles. The lowest BCUT2D eigenvalue weighted by molar-refractivity contribution is -0.120. The van der Waals surface area contributed by atoms with Crippen LogP contribution in [-0.4, -0.2) is 30.0 Å². The van der Waals surface area contributed by atoms with Gasteiger partial charge in [0.15, 0.2) is 0 Å². The summed E-state index contributed by atoms with van der Waals surface area (Å²) in [5.41, 5.74) is 1.68. The molecular formula is C20H26N4O3. The van der Waals surface area contributed by atoms with Crippen molar-refractivity contribution in [2.24, 2.45) is 5.92 Å². The third-order valence-electron chi connectivity index (χ3n) is 3.64. The van der Waals surface area contributed by atoms with Crippen LogP contribution in [0.5, 0.6) is 11.6 Å². The molecule has 3 amide bonds. The Morgan fingerprint density at radius 1 is 1.15 bits per heavy atom. The maximum Gasteiger partial charge on any atom is 0.319 e. The van der Waals surface area contributed by atoms with E-state index in [9.17, 15) is 9.59 Å². The van der Waals surface area contributed by atoms with Crippen LogP contribution < -0.4 is 20.7 Å². The Bertz CT molecular complexity index is 760. The molecule has 0 saturated carbocycles.